The minimum atomic E-state index is 0.665. The minimum Gasteiger partial charge on any atom is -0.220 e. The summed E-state index contributed by atoms with van der Waals surface area (Å²) in [7, 11) is 0. The van der Waals surface area contributed by atoms with Crippen LogP contribution in [-0.4, -0.2) is 20.9 Å². The predicted molar refractivity (Wildman–Crippen MR) is 74.4 cm³/mol. The highest BCUT2D eigenvalue weighted by Gasteiger charge is 2.02. The average Bonchev–Trinajstić information content (AvgIpc) is 2.86. The van der Waals surface area contributed by atoms with E-state index in [2.05, 4.69) is 41.5 Å². The Bertz CT molecular complexity index is 476. The molecule has 1 aromatic heterocycles. The van der Waals surface area contributed by atoms with Gasteiger partial charge in [-0.25, -0.2) is 4.68 Å². The van der Waals surface area contributed by atoms with Gasteiger partial charge in [0.2, 0.25) is 0 Å². The summed E-state index contributed by atoms with van der Waals surface area (Å²) in [5, 5.41) is 8.28. The fraction of sp³-hybridized carbons (Fsp3) is 0.429. The molecule has 3 nitrogen and oxygen atoms in total. The Balaban J connectivity index is 2.08. The molecule has 0 saturated carbocycles. The molecule has 2 rings (SSSR count). The average molecular weight is 264 g/mol. The molecule has 96 valence electrons. The van der Waals surface area contributed by atoms with E-state index < -0.39 is 0 Å². The van der Waals surface area contributed by atoms with Crippen molar-refractivity contribution in [2.75, 3.05) is 5.88 Å². The summed E-state index contributed by atoms with van der Waals surface area (Å²) in [5.41, 5.74) is 3.41. The number of aryl methyl sites for hydroxylation is 2. The van der Waals surface area contributed by atoms with E-state index in [9.17, 15) is 0 Å². The summed E-state index contributed by atoms with van der Waals surface area (Å²) in [6, 6.07) is 8.48. The highest BCUT2D eigenvalue weighted by Crippen LogP contribution is 2.11. The van der Waals surface area contributed by atoms with E-state index in [1.165, 1.54) is 12.0 Å². The van der Waals surface area contributed by atoms with Gasteiger partial charge in [-0.1, -0.05) is 30.7 Å². The van der Waals surface area contributed by atoms with Crippen molar-refractivity contribution >= 4 is 11.6 Å². The number of hydrogen-bond acceptors (Lipinski definition) is 2. The Morgan fingerprint density at radius 1 is 1.17 bits per heavy atom. The molecule has 0 unspecified atom stereocenters. The number of benzene rings is 1. The third-order valence-electron chi connectivity index (χ3n) is 2.85. The smallest absolute Gasteiger partial charge is 0.0832 e. The van der Waals surface area contributed by atoms with Crippen LogP contribution in [0.5, 0.6) is 0 Å². The van der Waals surface area contributed by atoms with Crippen LogP contribution in [0.25, 0.3) is 5.69 Å². The van der Waals surface area contributed by atoms with Gasteiger partial charge in [0.15, 0.2) is 0 Å². The molecule has 4 heteroatoms. The molecule has 1 heterocycles. The maximum absolute atomic E-state index is 5.67. The van der Waals surface area contributed by atoms with E-state index >= 15 is 0 Å². The maximum atomic E-state index is 5.67. The Morgan fingerprint density at radius 2 is 1.94 bits per heavy atom. The fourth-order valence-electron chi connectivity index (χ4n) is 1.89. The summed E-state index contributed by atoms with van der Waals surface area (Å²) >= 11 is 5.67. The first-order valence-corrected chi connectivity index (χ1v) is 6.93. The highest BCUT2D eigenvalue weighted by atomic mass is 35.5. The Morgan fingerprint density at radius 3 is 2.61 bits per heavy atom. The summed E-state index contributed by atoms with van der Waals surface area (Å²) in [6.45, 7) is 2.19. The molecule has 0 fully saturated rings. The van der Waals surface area contributed by atoms with E-state index in [0.717, 1.165) is 30.6 Å². The van der Waals surface area contributed by atoms with Gasteiger partial charge >= 0.3 is 0 Å². The lowest BCUT2D eigenvalue weighted by Crippen LogP contribution is -1.95. The van der Waals surface area contributed by atoms with Crippen molar-refractivity contribution in [1.82, 2.24) is 15.0 Å². The first-order valence-electron chi connectivity index (χ1n) is 6.40. The van der Waals surface area contributed by atoms with Crippen LogP contribution in [0.1, 0.15) is 31.0 Å². The van der Waals surface area contributed by atoms with Crippen molar-refractivity contribution in [1.29, 1.82) is 0 Å². The SMILES string of the molecule is CCCc1ccc(-n2cc(CCCCl)nn2)cc1. The Hall–Kier alpha value is -1.35. The zero-order valence-corrected chi connectivity index (χ0v) is 11.4. The van der Waals surface area contributed by atoms with Crippen LogP contribution >= 0.6 is 11.6 Å². The number of rotatable bonds is 6. The Kier molecular flexibility index (Phi) is 4.76. The zero-order valence-electron chi connectivity index (χ0n) is 10.6. The normalized spacial score (nSPS) is 10.8. The van der Waals surface area contributed by atoms with Gasteiger partial charge in [0.05, 0.1) is 17.6 Å². The van der Waals surface area contributed by atoms with Crippen molar-refractivity contribution in [3.05, 3.63) is 41.7 Å². The highest BCUT2D eigenvalue weighted by molar-refractivity contribution is 6.17. The molecule has 1 aromatic carbocycles. The van der Waals surface area contributed by atoms with Crippen molar-refractivity contribution in [2.45, 2.75) is 32.6 Å². The maximum Gasteiger partial charge on any atom is 0.0832 e. The van der Waals surface area contributed by atoms with Gasteiger partial charge in [-0.15, -0.1) is 16.7 Å². The van der Waals surface area contributed by atoms with Crippen LogP contribution in [0, 0.1) is 0 Å². The molecule has 2 aromatic rings. The zero-order chi connectivity index (χ0) is 12.8. The summed E-state index contributed by atoms with van der Waals surface area (Å²) < 4.78 is 1.82. The molecule has 0 aliphatic heterocycles. The van der Waals surface area contributed by atoms with Crippen LogP contribution in [0.2, 0.25) is 0 Å². The second-order valence-corrected chi connectivity index (χ2v) is 4.74. The van der Waals surface area contributed by atoms with Gasteiger partial charge in [-0.3, -0.25) is 0 Å². The van der Waals surface area contributed by atoms with Gasteiger partial charge < -0.3 is 0 Å². The molecule has 0 atom stereocenters. The van der Waals surface area contributed by atoms with Crippen LogP contribution in [0.15, 0.2) is 30.5 Å². The second-order valence-electron chi connectivity index (χ2n) is 4.36. The third-order valence-corrected chi connectivity index (χ3v) is 3.11. The topological polar surface area (TPSA) is 30.7 Å². The number of halogens is 1. The lowest BCUT2D eigenvalue weighted by Gasteiger charge is -2.02. The molecule has 18 heavy (non-hydrogen) atoms. The monoisotopic (exact) mass is 263 g/mol. The van der Waals surface area contributed by atoms with Crippen LogP contribution in [0.3, 0.4) is 0 Å². The molecule has 0 amide bonds. The summed E-state index contributed by atoms with van der Waals surface area (Å²) in [5.74, 6) is 0.665. The van der Waals surface area contributed by atoms with Crippen LogP contribution in [-0.2, 0) is 12.8 Å². The first-order chi connectivity index (χ1) is 8.83. The van der Waals surface area contributed by atoms with Gasteiger partial charge in [-0.05, 0) is 37.0 Å². The molecule has 0 aliphatic carbocycles. The van der Waals surface area contributed by atoms with E-state index in [1.54, 1.807) is 0 Å². The molecule has 0 aliphatic rings. The van der Waals surface area contributed by atoms with Gasteiger partial charge in [0, 0.05) is 5.88 Å². The Labute approximate surface area is 113 Å². The largest absolute Gasteiger partial charge is 0.220 e. The van der Waals surface area contributed by atoms with E-state index in [4.69, 9.17) is 11.6 Å². The van der Waals surface area contributed by atoms with Gasteiger partial charge in [0.1, 0.15) is 0 Å². The lowest BCUT2D eigenvalue weighted by molar-refractivity contribution is 0.791. The number of alkyl halides is 1. The van der Waals surface area contributed by atoms with Crippen molar-refractivity contribution in [3.8, 4) is 5.69 Å². The predicted octanol–water partition coefficient (Wildman–Crippen LogP) is 3.39. The molecule has 0 saturated heterocycles. The van der Waals surface area contributed by atoms with Crippen LogP contribution in [0.4, 0.5) is 0 Å². The van der Waals surface area contributed by atoms with E-state index in [-0.39, 0.29) is 0 Å². The van der Waals surface area contributed by atoms with Gasteiger partial charge in [-0.2, -0.15) is 0 Å². The minimum absolute atomic E-state index is 0.665. The molecule has 0 N–H and O–H groups in total. The standard InChI is InChI=1S/C14H18ClN3/c1-2-4-12-6-8-14(9-7-12)18-11-13(16-17-18)5-3-10-15/h6-9,11H,2-5,10H2,1H3. The molecular weight excluding hydrogens is 246 g/mol. The third kappa shape index (κ3) is 3.33. The summed E-state index contributed by atoms with van der Waals surface area (Å²) in [6.07, 6.45) is 6.10. The molecule has 0 radical (unpaired) electrons. The van der Waals surface area contributed by atoms with Crippen molar-refractivity contribution in [2.24, 2.45) is 0 Å². The number of aromatic nitrogens is 3. The van der Waals surface area contributed by atoms with Crippen molar-refractivity contribution in [3.63, 3.8) is 0 Å². The summed E-state index contributed by atoms with van der Waals surface area (Å²) in [4.78, 5) is 0. The number of hydrogen-bond donors (Lipinski definition) is 0. The second kappa shape index (κ2) is 6.55. The molecular formula is C14H18ClN3. The van der Waals surface area contributed by atoms with Crippen LogP contribution < -0.4 is 0 Å². The number of nitrogens with zero attached hydrogens (tertiary/aromatic N) is 3. The quantitative estimate of drug-likeness (QED) is 0.748. The van der Waals surface area contributed by atoms with Crippen molar-refractivity contribution < 1.29 is 0 Å². The fourth-order valence-corrected chi connectivity index (χ4v) is 2.02. The first kappa shape index (κ1) is 13.1. The van der Waals surface area contributed by atoms with E-state index in [0.29, 0.717) is 5.88 Å². The van der Waals surface area contributed by atoms with E-state index in [1.807, 2.05) is 10.9 Å². The lowest BCUT2D eigenvalue weighted by atomic mass is 10.1. The van der Waals surface area contributed by atoms with Gasteiger partial charge in [0.25, 0.3) is 0 Å². The molecule has 0 bridgehead atoms. The molecule has 0 spiro atoms.